The van der Waals surface area contributed by atoms with Crippen molar-refractivity contribution in [1.29, 1.82) is 0 Å². The lowest BCUT2D eigenvalue weighted by molar-refractivity contribution is -0.0306. The van der Waals surface area contributed by atoms with Crippen molar-refractivity contribution in [3.63, 3.8) is 0 Å². The number of nitrogens with zero attached hydrogens (tertiary/aromatic N) is 1. The minimum Gasteiger partial charge on any atom is -0.477 e. The van der Waals surface area contributed by atoms with Crippen LogP contribution in [0.1, 0.15) is 28.9 Å². The van der Waals surface area contributed by atoms with Crippen LogP contribution in [-0.4, -0.2) is 16.1 Å². The summed E-state index contributed by atoms with van der Waals surface area (Å²) < 4.78 is 34.1. The molecule has 1 heterocycles. The van der Waals surface area contributed by atoms with Crippen molar-refractivity contribution in [2.45, 2.75) is 18.8 Å². The first-order chi connectivity index (χ1) is 10.5. The summed E-state index contributed by atoms with van der Waals surface area (Å²) in [7, 11) is 0. The molecule has 0 unspecified atom stereocenters. The molecule has 0 radical (unpaired) electrons. The quantitative estimate of drug-likeness (QED) is 0.904. The molecule has 0 atom stereocenters. The van der Waals surface area contributed by atoms with Gasteiger partial charge in [-0.1, -0.05) is 18.2 Å². The maximum Gasteiger partial charge on any atom is 0.354 e. The first-order valence-electron chi connectivity index (χ1n) is 6.84. The SMILES string of the molecule is O=C(O)c1ccc(C(F)(F)C2CC2)c(Oc2ccccc2)n1. The third-order valence-electron chi connectivity index (χ3n) is 3.49. The van der Waals surface area contributed by atoms with Crippen molar-refractivity contribution in [2.24, 2.45) is 5.92 Å². The van der Waals surface area contributed by atoms with Crippen molar-refractivity contribution < 1.29 is 23.4 Å². The molecule has 1 saturated carbocycles. The molecule has 0 amide bonds. The molecule has 1 fully saturated rings. The zero-order valence-electron chi connectivity index (χ0n) is 11.5. The molecular weight excluding hydrogens is 292 g/mol. The van der Waals surface area contributed by atoms with Gasteiger partial charge in [-0.05, 0) is 37.1 Å². The lowest BCUT2D eigenvalue weighted by Crippen LogP contribution is -2.18. The molecule has 0 aliphatic heterocycles. The Bertz CT molecular complexity index is 700. The van der Waals surface area contributed by atoms with Gasteiger partial charge in [-0.15, -0.1) is 0 Å². The molecule has 0 saturated heterocycles. The number of hydrogen-bond donors (Lipinski definition) is 1. The Balaban J connectivity index is 2.03. The molecule has 114 valence electrons. The van der Waals surface area contributed by atoms with Crippen molar-refractivity contribution in [3.05, 3.63) is 53.7 Å². The van der Waals surface area contributed by atoms with Crippen molar-refractivity contribution >= 4 is 5.97 Å². The van der Waals surface area contributed by atoms with Gasteiger partial charge in [-0.3, -0.25) is 0 Å². The van der Waals surface area contributed by atoms with Crippen molar-refractivity contribution in [1.82, 2.24) is 4.98 Å². The van der Waals surface area contributed by atoms with Gasteiger partial charge in [0, 0.05) is 5.92 Å². The van der Waals surface area contributed by atoms with Crippen LogP contribution in [-0.2, 0) is 5.92 Å². The highest BCUT2D eigenvalue weighted by Gasteiger charge is 2.50. The normalized spacial score (nSPS) is 14.6. The van der Waals surface area contributed by atoms with Crippen LogP contribution in [0.3, 0.4) is 0 Å². The lowest BCUT2D eigenvalue weighted by Gasteiger charge is -2.19. The van der Waals surface area contributed by atoms with E-state index in [0.29, 0.717) is 18.6 Å². The van der Waals surface area contributed by atoms with Gasteiger partial charge in [0.1, 0.15) is 5.75 Å². The fraction of sp³-hybridized carbons (Fsp3) is 0.250. The highest BCUT2D eigenvalue weighted by molar-refractivity contribution is 5.85. The smallest absolute Gasteiger partial charge is 0.354 e. The van der Waals surface area contributed by atoms with Crippen LogP contribution < -0.4 is 4.74 Å². The largest absolute Gasteiger partial charge is 0.477 e. The van der Waals surface area contributed by atoms with Gasteiger partial charge >= 0.3 is 5.97 Å². The summed E-state index contributed by atoms with van der Waals surface area (Å²) in [6.45, 7) is 0. The van der Waals surface area contributed by atoms with E-state index in [1.807, 2.05) is 0 Å². The first kappa shape index (κ1) is 14.4. The molecule has 1 aliphatic carbocycles. The highest BCUT2D eigenvalue weighted by atomic mass is 19.3. The van der Waals surface area contributed by atoms with E-state index in [0.717, 1.165) is 12.1 Å². The maximum atomic E-state index is 14.4. The Morgan fingerprint density at radius 1 is 1.18 bits per heavy atom. The number of aromatic carboxylic acids is 1. The summed E-state index contributed by atoms with van der Waals surface area (Å²) in [6.07, 6.45) is 0.886. The molecule has 1 aliphatic rings. The van der Waals surface area contributed by atoms with Gasteiger partial charge in [0.05, 0.1) is 5.56 Å². The molecule has 1 N–H and O–H groups in total. The number of para-hydroxylation sites is 1. The third-order valence-corrected chi connectivity index (χ3v) is 3.49. The molecule has 3 rings (SSSR count). The summed E-state index contributed by atoms with van der Waals surface area (Å²) in [5.74, 6) is -5.13. The molecule has 6 heteroatoms. The van der Waals surface area contributed by atoms with E-state index in [1.165, 1.54) is 0 Å². The Morgan fingerprint density at radius 3 is 2.45 bits per heavy atom. The number of carbonyl (C=O) groups is 1. The van der Waals surface area contributed by atoms with E-state index in [4.69, 9.17) is 9.84 Å². The minimum absolute atomic E-state index is 0.324. The zero-order valence-corrected chi connectivity index (χ0v) is 11.5. The van der Waals surface area contributed by atoms with Crippen LogP contribution in [0.2, 0.25) is 0 Å². The Kier molecular flexibility index (Phi) is 3.52. The van der Waals surface area contributed by atoms with Crippen LogP contribution in [0.15, 0.2) is 42.5 Å². The summed E-state index contributed by atoms with van der Waals surface area (Å²) >= 11 is 0. The monoisotopic (exact) mass is 305 g/mol. The van der Waals surface area contributed by atoms with E-state index in [1.54, 1.807) is 30.3 Å². The van der Waals surface area contributed by atoms with Crippen LogP contribution in [0.4, 0.5) is 8.78 Å². The summed E-state index contributed by atoms with van der Waals surface area (Å²) in [6, 6.07) is 10.5. The second-order valence-electron chi connectivity index (χ2n) is 5.17. The summed E-state index contributed by atoms with van der Waals surface area (Å²) in [4.78, 5) is 14.7. The molecule has 4 nitrogen and oxygen atoms in total. The van der Waals surface area contributed by atoms with Gasteiger partial charge < -0.3 is 9.84 Å². The molecule has 0 bridgehead atoms. The Morgan fingerprint density at radius 2 is 1.86 bits per heavy atom. The lowest BCUT2D eigenvalue weighted by atomic mass is 10.1. The minimum atomic E-state index is -3.08. The van der Waals surface area contributed by atoms with Gasteiger partial charge in [0.25, 0.3) is 5.92 Å². The van der Waals surface area contributed by atoms with Crippen LogP contribution >= 0.6 is 0 Å². The number of alkyl halides is 2. The summed E-state index contributed by atoms with van der Waals surface area (Å²) in [5, 5.41) is 8.99. The number of carboxylic acids is 1. The number of aromatic nitrogens is 1. The van der Waals surface area contributed by atoms with Gasteiger partial charge in [-0.25, -0.2) is 18.6 Å². The van der Waals surface area contributed by atoms with Crippen molar-refractivity contribution in [3.8, 4) is 11.6 Å². The maximum absolute atomic E-state index is 14.4. The molecule has 1 aromatic heterocycles. The van der Waals surface area contributed by atoms with E-state index >= 15 is 0 Å². The fourth-order valence-corrected chi connectivity index (χ4v) is 2.16. The van der Waals surface area contributed by atoms with Crippen molar-refractivity contribution in [2.75, 3.05) is 0 Å². The molecular formula is C16H13F2NO3. The highest BCUT2D eigenvalue weighted by Crippen LogP contribution is 2.51. The van der Waals surface area contributed by atoms with E-state index in [2.05, 4.69) is 4.98 Å². The van der Waals surface area contributed by atoms with Crippen LogP contribution in [0.5, 0.6) is 11.6 Å². The molecule has 1 aromatic carbocycles. The average Bonchev–Trinajstić information content (AvgIpc) is 3.33. The number of hydrogen-bond acceptors (Lipinski definition) is 3. The number of pyridine rings is 1. The predicted molar refractivity (Wildman–Crippen MR) is 74.3 cm³/mol. The Labute approximate surface area is 125 Å². The standard InChI is InChI=1S/C16H13F2NO3/c17-16(18,10-6-7-10)12-8-9-13(15(20)21)19-14(12)22-11-4-2-1-3-5-11/h1-5,8-10H,6-7H2,(H,20,21). The van der Waals surface area contributed by atoms with Gasteiger partial charge in [0.2, 0.25) is 5.88 Å². The second-order valence-corrected chi connectivity index (χ2v) is 5.17. The second kappa shape index (κ2) is 5.36. The number of rotatable bonds is 5. The molecule has 0 spiro atoms. The molecule has 22 heavy (non-hydrogen) atoms. The number of ether oxygens (including phenoxy) is 1. The van der Waals surface area contributed by atoms with E-state index in [9.17, 15) is 13.6 Å². The average molecular weight is 305 g/mol. The first-order valence-corrected chi connectivity index (χ1v) is 6.84. The third kappa shape index (κ3) is 2.77. The number of halogens is 2. The molecule has 2 aromatic rings. The number of benzene rings is 1. The van der Waals surface area contributed by atoms with Crippen LogP contribution in [0.25, 0.3) is 0 Å². The van der Waals surface area contributed by atoms with Gasteiger partial charge in [0.15, 0.2) is 5.69 Å². The fourth-order valence-electron chi connectivity index (χ4n) is 2.16. The zero-order chi connectivity index (χ0) is 15.7. The topological polar surface area (TPSA) is 59.4 Å². The van der Waals surface area contributed by atoms with E-state index in [-0.39, 0.29) is 17.1 Å². The Hall–Kier alpha value is -2.50. The predicted octanol–water partition coefficient (Wildman–Crippen LogP) is 4.07. The van der Waals surface area contributed by atoms with Gasteiger partial charge in [-0.2, -0.15) is 0 Å². The van der Waals surface area contributed by atoms with Crippen LogP contribution in [0, 0.1) is 5.92 Å². The van der Waals surface area contributed by atoms with E-state index < -0.39 is 17.8 Å². The summed E-state index contributed by atoms with van der Waals surface area (Å²) in [5.41, 5.74) is -0.704. The number of carboxylic acid groups (broad SMARTS) is 1.